The minimum absolute atomic E-state index is 0. The Balaban J connectivity index is -0.0000000655. The summed E-state index contributed by atoms with van der Waals surface area (Å²) in [4.78, 5) is 0. The molecule has 0 fully saturated rings. The zero-order valence-corrected chi connectivity index (χ0v) is 17.0. The maximum atomic E-state index is 9.83. The zero-order chi connectivity index (χ0) is 13.5. The molecule has 0 aromatic rings. The van der Waals surface area contributed by atoms with E-state index in [0.29, 0.717) is 0 Å². The summed E-state index contributed by atoms with van der Waals surface area (Å²) in [6.07, 6.45) is 0. The van der Waals surface area contributed by atoms with Crippen molar-refractivity contribution in [2.75, 3.05) is 0 Å². The van der Waals surface area contributed by atoms with Crippen LogP contribution >= 0.6 is 0 Å². The molecule has 10 heteroatoms. The first kappa shape index (κ1) is 26.1. The van der Waals surface area contributed by atoms with E-state index in [1.54, 1.807) is 0 Å². The van der Waals surface area contributed by atoms with Crippen LogP contribution in [-0.2, 0) is 28.3 Å². The van der Waals surface area contributed by atoms with Gasteiger partial charge in [0.15, 0.2) is 0 Å². The van der Waals surface area contributed by atoms with Crippen LogP contribution in [0.4, 0.5) is 0 Å². The Kier molecular flexibility index (Phi) is 17.0. The van der Waals surface area contributed by atoms with Crippen molar-refractivity contribution < 1.29 is 40.6 Å². The molecule has 6 nitrogen and oxygen atoms in total. The Hall–Kier alpha value is 1.47. The van der Waals surface area contributed by atoms with Gasteiger partial charge in [0.2, 0.25) is 0 Å². The molecule has 3 N–H and O–H groups in total. The maximum absolute atomic E-state index is 9.83. The number of rotatable bonds is 0. The van der Waals surface area contributed by atoms with E-state index in [-0.39, 0.29) is 17.1 Å². The Morgan fingerprint density at radius 1 is 0.562 bits per heavy atom. The molecule has 0 aliphatic rings. The van der Waals surface area contributed by atoms with Crippen molar-refractivity contribution >= 4 is 41.5 Å². The fourth-order valence-corrected chi connectivity index (χ4v) is 0. The standard InChI is InChI=1S/3C2H7AsO2.Fe/c3*1-3(2,4)5;/h3*1-2H3,(H,4,5);. The second-order valence-corrected chi connectivity index (χ2v) is 20.2. The molecule has 0 heterocycles. The summed E-state index contributed by atoms with van der Waals surface area (Å²) in [6, 6.07) is 0. The summed E-state index contributed by atoms with van der Waals surface area (Å²) in [5.41, 5.74) is 8.16. The van der Waals surface area contributed by atoms with Gasteiger partial charge in [-0.3, -0.25) is 0 Å². The van der Waals surface area contributed by atoms with Gasteiger partial charge in [-0.2, -0.15) is 0 Å². The van der Waals surface area contributed by atoms with Crippen LogP contribution in [0.3, 0.4) is 0 Å². The quantitative estimate of drug-likeness (QED) is 0.441. The summed E-state index contributed by atoms with van der Waals surface area (Å²) in [6.45, 7) is 0. The molecule has 0 spiro atoms. The molecule has 16 heavy (non-hydrogen) atoms. The maximum Gasteiger partial charge on any atom is 0 e. The molecule has 0 amide bonds. The Morgan fingerprint density at radius 3 is 0.562 bits per heavy atom. The normalized spacial score (nSPS) is 11.1. The molecule has 0 bridgehead atoms. The Bertz CT molecular complexity index is 214. The van der Waals surface area contributed by atoms with E-state index in [4.69, 9.17) is 12.3 Å². The third-order valence-electron chi connectivity index (χ3n) is 0. The van der Waals surface area contributed by atoms with Gasteiger partial charge in [-0.1, -0.05) is 0 Å². The third-order valence-corrected chi connectivity index (χ3v) is 0. The molecular formula is C6H21As3FeO6. The molecule has 0 aromatic carbocycles. The number of hydrogen-bond donors (Lipinski definition) is 3. The first-order valence-corrected chi connectivity index (χ1v) is 19.9. The van der Waals surface area contributed by atoms with E-state index in [2.05, 4.69) is 0 Å². The largest absolute Gasteiger partial charge is 0 e. The summed E-state index contributed by atoms with van der Waals surface area (Å²) in [7, 11) is 0. The monoisotopic (exact) mass is 470 g/mol. The Morgan fingerprint density at radius 2 is 0.562 bits per heavy atom. The van der Waals surface area contributed by atoms with Gasteiger partial charge in [0, 0.05) is 17.1 Å². The molecule has 0 aromatic heterocycles. The van der Waals surface area contributed by atoms with E-state index in [9.17, 15) is 11.2 Å². The van der Waals surface area contributed by atoms with Crippen LogP contribution in [0, 0.1) is 0 Å². The van der Waals surface area contributed by atoms with Crippen molar-refractivity contribution in [2.24, 2.45) is 0 Å². The van der Waals surface area contributed by atoms with Crippen molar-refractivity contribution in [1.82, 2.24) is 0 Å². The molecular weight excluding hydrogens is 449 g/mol. The molecule has 0 radical (unpaired) electrons. The van der Waals surface area contributed by atoms with Crippen LogP contribution in [0.25, 0.3) is 0 Å². The van der Waals surface area contributed by atoms with Gasteiger partial charge in [-0.05, 0) is 0 Å². The topological polar surface area (TPSA) is 112 Å². The van der Waals surface area contributed by atoms with Gasteiger partial charge in [-0.15, -0.1) is 0 Å². The summed E-state index contributed by atoms with van der Waals surface area (Å²) in [5, 5.41) is 0. The minimum atomic E-state index is -3.12. The second-order valence-electron chi connectivity index (χ2n) is 3.88. The van der Waals surface area contributed by atoms with Crippen LogP contribution in [-0.4, -0.2) is 53.8 Å². The molecule has 0 rings (SSSR count). The van der Waals surface area contributed by atoms with Gasteiger partial charge in [0.05, 0.1) is 0 Å². The first-order valence-electron chi connectivity index (χ1n) is 3.83. The molecule has 0 saturated carbocycles. The predicted molar refractivity (Wildman–Crippen MR) is 61.2 cm³/mol. The average molecular weight is 470 g/mol. The first-order chi connectivity index (χ1) is 6.00. The molecule has 0 saturated heterocycles. The second kappa shape index (κ2) is 10.4. The predicted octanol–water partition coefficient (Wildman–Crippen LogP) is 0.330. The molecule has 0 aliphatic carbocycles. The smallest absolute Gasteiger partial charge is 0 e. The van der Waals surface area contributed by atoms with Gasteiger partial charge < -0.3 is 0 Å². The van der Waals surface area contributed by atoms with Crippen molar-refractivity contribution in [3.63, 3.8) is 0 Å². The van der Waals surface area contributed by atoms with E-state index >= 15 is 0 Å². The molecule has 0 aliphatic heterocycles. The molecule has 0 unspecified atom stereocenters. The number of hydrogen-bond acceptors (Lipinski definition) is 3. The zero-order valence-electron chi connectivity index (χ0n) is 10.3. The third kappa shape index (κ3) is 1490. The van der Waals surface area contributed by atoms with Gasteiger partial charge in [-0.25, -0.2) is 0 Å². The summed E-state index contributed by atoms with van der Waals surface area (Å²) < 4.78 is 53.9. The molecule has 0 atom stereocenters. The fourth-order valence-electron chi connectivity index (χ4n) is 0. The van der Waals surface area contributed by atoms with Crippen LogP contribution < -0.4 is 0 Å². The Labute approximate surface area is 115 Å². The summed E-state index contributed by atoms with van der Waals surface area (Å²) >= 11 is -9.38. The van der Waals surface area contributed by atoms with Crippen molar-refractivity contribution in [2.45, 2.75) is 34.3 Å². The minimum Gasteiger partial charge on any atom is 0 e. The van der Waals surface area contributed by atoms with Gasteiger partial charge in [0.25, 0.3) is 0 Å². The van der Waals surface area contributed by atoms with E-state index in [1.807, 2.05) is 0 Å². The van der Waals surface area contributed by atoms with Crippen LogP contribution in [0.15, 0.2) is 0 Å². The van der Waals surface area contributed by atoms with Gasteiger partial charge in [0.1, 0.15) is 0 Å². The van der Waals surface area contributed by atoms with Gasteiger partial charge >= 0.3 is 99.3 Å². The van der Waals surface area contributed by atoms with E-state index < -0.39 is 41.5 Å². The van der Waals surface area contributed by atoms with E-state index in [0.717, 1.165) is 0 Å². The van der Waals surface area contributed by atoms with E-state index in [1.165, 1.54) is 34.3 Å². The molecule has 104 valence electrons. The van der Waals surface area contributed by atoms with Crippen LogP contribution in [0.5, 0.6) is 0 Å². The summed E-state index contributed by atoms with van der Waals surface area (Å²) in [5.74, 6) is 0. The van der Waals surface area contributed by atoms with Crippen molar-refractivity contribution in [1.29, 1.82) is 0 Å². The fraction of sp³-hybridized carbons (Fsp3) is 1.00. The van der Waals surface area contributed by atoms with Crippen LogP contribution in [0.2, 0.25) is 34.3 Å². The average Bonchev–Trinajstić information content (AvgIpc) is 1.41. The SMILES string of the molecule is C[As](C)(=O)O.C[As](C)(=O)O.C[As](C)(=O)O.[Fe]. The van der Waals surface area contributed by atoms with Crippen LogP contribution in [0.1, 0.15) is 0 Å². The van der Waals surface area contributed by atoms with Crippen molar-refractivity contribution in [3.05, 3.63) is 0 Å². The van der Waals surface area contributed by atoms with Crippen molar-refractivity contribution in [3.8, 4) is 0 Å².